The van der Waals surface area contributed by atoms with E-state index in [0.717, 1.165) is 17.1 Å². The number of Topliss-reactive ketones (excluding diaryl/α,β-unsaturated/α-hetero) is 1. The lowest BCUT2D eigenvalue weighted by molar-refractivity contribution is -0.117. The molecule has 1 aliphatic heterocycles. The number of hydrogen-bond donors (Lipinski definition) is 0. The predicted octanol–water partition coefficient (Wildman–Crippen LogP) is 3.26. The lowest BCUT2D eigenvalue weighted by Gasteiger charge is -2.19. The Balaban J connectivity index is 1.99. The third-order valence-corrected chi connectivity index (χ3v) is 5.93. The molecule has 0 aliphatic carbocycles. The molecule has 1 atom stereocenters. The van der Waals surface area contributed by atoms with Gasteiger partial charge < -0.3 is 0 Å². The maximum Gasteiger partial charge on any atom is 0.151 e. The van der Waals surface area contributed by atoms with Crippen LogP contribution in [-0.2, 0) is 11.2 Å². The smallest absolute Gasteiger partial charge is 0.151 e. The van der Waals surface area contributed by atoms with Gasteiger partial charge in [-0.2, -0.15) is 11.8 Å². The van der Waals surface area contributed by atoms with Crippen LogP contribution in [0.15, 0.2) is 18.2 Å². The summed E-state index contributed by atoms with van der Waals surface area (Å²) in [5.41, 5.74) is 3.74. The van der Waals surface area contributed by atoms with Crippen molar-refractivity contribution in [2.45, 2.75) is 25.5 Å². The van der Waals surface area contributed by atoms with Crippen LogP contribution in [0, 0.1) is 13.8 Å². The maximum absolute atomic E-state index is 12.1. The van der Waals surface area contributed by atoms with E-state index in [1.807, 2.05) is 23.5 Å². The normalized spacial score (nSPS) is 20.2. The summed E-state index contributed by atoms with van der Waals surface area (Å²) >= 11 is 3.73. The van der Waals surface area contributed by atoms with Gasteiger partial charge in [0.1, 0.15) is 0 Å². The van der Waals surface area contributed by atoms with Crippen LogP contribution in [0.1, 0.15) is 16.7 Å². The van der Waals surface area contributed by atoms with E-state index >= 15 is 0 Å². The molecule has 0 amide bonds. The Morgan fingerprint density at radius 2 is 2.12 bits per heavy atom. The van der Waals surface area contributed by atoms with Gasteiger partial charge in [0, 0.05) is 23.7 Å². The fourth-order valence-corrected chi connectivity index (χ4v) is 4.55. The van der Waals surface area contributed by atoms with Gasteiger partial charge in [-0.25, -0.2) is 0 Å². The SMILES string of the molecule is Cc1ccc(CC(=O)C2CSCCS2)cc1C. The van der Waals surface area contributed by atoms with Crippen molar-refractivity contribution in [2.24, 2.45) is 0 Å². The topological polar surface area (TPSA) is 17.1 Å². The highest BCUT2D eigenvalue weighted by atomic mass is 32.2. The third-order valence-electron chi connectivity index (χ3n) is 3.12. The molecule has 0 radical (unpaired) electrons. The molecule has 17 heavy (non-hydrogen) atoms. The first kappa shape index (κ1) is 13.0. The molecule has 1 heterocycles. The zero-order valence-electron chi connectivity index (χ0n) is 10.4. The van der Waals surface area contributed by atoms with E-state index in [0.29, 0.717) is 12.2 Å². The second-order valence-corrected chi connectivity index (χ2v) is 6.96. The van der Waals surface area contributed by atoms with Crippen LogP contribution in [0.3, 0.4) is 0 Å². The Morgan fingerprint density at radius 1 is 1.29 bits per heavy atom. The fourth-order valence-electron chi connectivity index (χ4n) is 1.90. The molecule has 0 bridgehead atoms. The summed E-state index contributed by atoms with van der Waals surface area (Å²) in [6.45, 7) is 4.21. The van der Waals surface area contributed by atoms with Gasteiger partial charge in [0.15, 0.2) is 5.78 Å². The van der Waals surface area contributed by atoms with Crippen molar-refractivity contribution in [1.29, 1.82) is 0 Å². The predicted molar refractivity (Wildman–Crippen MR) is 78.2 cm³/mol. The van der Waals surface area contributed by atoms with Crippen LogP contribution in [-0.4, -0.2) is 28.3 Å². The standard InChI is InChI=1S/C14H18OS2/c1-10-3-4-12(7-11(10)2)8-13(15)14-9-16-5-6-17-14/h3-4,7,14H,5-6,8-9H2,1-2H3. The van der Waals surface area contributed by atoms with Crippen molar-refractivity contribution in [3.63, 3.8) is 0 Å². The number of thioether (sulfide) groups is 2. The first-order valence-electron chi connectivity index (χ1n) is 5.95. The molecule has 1 fully saturated rings. The summed E-state index contributed by atoms with van der Waals surface area (Å²) in [7, 11) is 0. The second kappa shape index (κ2) is 5.96. The summed E-state index contributed by atoms with van der Waals surface area (Å²) in [6.07, 6.45) is 0.597. The Kier molecular flexibility index (Phi) is 4.57. The van der Waals surface area contributed by atoms with Gasteiger partial charge in [0.2, 0.25) is 0 Å². The Bertz CT molecular complexity index is 409. The zero-order valence-corrected chi connectivity index (χ0v) is 12.0. The van der Waals surface area contributed by atoms with Crippen molar-refractivity contribution >= 4 is 29.3 Å². The number of benzene rings is 1. The largest absolute Gasteiger partial charge is 0.298 e. The van der Waals surface area contributed by atoms with Gasteiger partial charge in [0.05, 0.1) is 5.25 Å². The minimum atomic E-state index is 0.218. The van der Waals surface area contributed by atoms with Gasteiger partial charge in [0.25, 0.3) is 0 Å². The van der Waals surface area contributed by atoms with Crippen molar-refractivity contribution in [3.05, 3.63) is 34.9 Å². The molecular weight excluding hydrogens is 248 g/mol. The van der Waals surface area contributed by atoms with Gasteiger partial charge >= 0.3 is 0 Å². The number of carbonyl (C=O) groups excluding carboxylic acids is 1. The molecule has 1 nitrogen and oxygen atoms in total. The van der Waals surface area contributed by atoms with Gasteiger partial charge in [-0.15, -0.1) is 11.8 Å². The fraction of sp³-hybridized carbons (Fsp3) is 0.500. The molecule has 3 heteroatoms. The summed E-state index contributed by atoms with van der Waals surface area (Å²) in [4.78, 5) is 12.1. The average molecular weight is 266 g/mol. The van der Waals surface area contributed by atoms with Crippen molar-refractivity contribution in [1.82, 2.24) is 0 Å². The number of rotatable bonds is 3. The minimum Gasteiger partial charge on any atom is -0.298 e. The molecular formula is C14H18OS2. The van der Waals surface area contributed by atoms with Gasteiger partial charge in [-0.1, -0.05) is 18.2 Å². The molecule has 1 aromatic rings. The maximum atomic E-state index is 12.1. The highest BCUT2D eigenvalue weighted by molar-refractivity contribution is 8.07. The lowest BCUT2D eigenvalue weighted by atomic mass is 10.0. The number of ketones is 1. The van der Waals surface area contributed by atoms with Crippen LogP contribution in [0.2, 0.25) is 0 Å². The Morgan fingerprint density at radius 3 is 2.76 bits per heavy atom. The second-order valence-electron chi connectivity index (χ2n) is 4.50. The van der Waals surface area contributed by atoms with Crippen LogP contribution >= 0.6 is 23.5 Å². The summed E-state index contributed by atoms with van der Waals surface area (Å²) in [5, 5.41) is 0.218. The van der Waals surface area contributed by atoms with Crippen LogP contribution < -0.4 is 0 Å². The zero-order chi connectivity index (χ0) is 12.3. The number of carbonyl (C=O) groups is 1. The molecule has 2 rings (SSSR count). The molecule has 1 unspecified atom stereocenters. The van der Waals surface area contributed by atoms with E-state index in [4.69, 9.17) is 0 Å². The van der Waals surface area contributed by atoms with E-state index in [1.165, 1.54) is 16.9 Å². The first-order chi connectivity index (χ1) is 8.16. The van der Waals surface area contributed by atoms with Crippen LogP contribution in [0.5, 0.6) is 0 Å². The van der Waals surface area contributed by atoms with Gasteiger partial charge in [-0.05, 0) is 30.5 Å². The molecule has 1 saturated heterocycles. The lowest BCUT2D eigenvalue weighted by Crippen LogP contribution is -2.25. The van der Waals surface area contributed by atoms with E-state index < -0.39 is 0 Å². The third kappa shape index (κ3) is 3.52. The van der Waals surface area contributed by atoms with Crippen LogP contribution in [0.25, 0.3) is 0 Å². The minimum absolute atomic E-state index is 0.218. The van der Waals surface area contributed by atoms with E-state index in [-0.39, 0.29) is 5.25 Å². The first-order valence-corrected chi connectivity index (χ1v) is 8.15. The molecule has 1 aliphatic rings. The van der Waals surface area contributed by atoms with Crippen molar-refractivity contribution in [2.75, 3.05) is 17.3 Å². The number of aryl methyl sites for hydroxylation is 2. The monoisotopic (exact) mass is 266 g/mol. The molecule has 0 saturated carbocycles. The number of hydrogen-bond acceptors (Lipinski definition) is 3. The molecule has 92 valence electrons. The Hall–Kier alpha value is -0.410. The average Bonchev–Trinajstić information content (AvgIpc) is 2.35. The highest BCUT2D eigenvalue weighted by Gasteiger charge is 2.21. The summed E-state index contributed by atoms with van der Waals surface area (Å²) < 4.78 is 0. The molecule has 0 N–H and O–H groups in total. The van der Waals surface area contributed by atoms with E-state index in [2.05, 4.69) is 32.0 Å². The molecule has 0 spiro atoms. The quantitative estimate of drug-likeness (QED) is 0.836. The van der Waals surface area contributed by atoms with Crippen molar-refractivity contribution in [3.8, 4) is 0 Å². The van der Waals surface area contributed by atoms with E-state index in [1.54, 1.807) is 0 Å². The molecule has 1 aromatic carbocycles. The highest BCUT2D eigenvalue weighted by Crippen LogP contribution is 2.25. The van der Waals surface area contributed by atoms with E-state index in [9.17, 15) is 4.79 Å². The Labute approximate surface area is 112 Å². The van der Waals surface area contributed by atoms with Crippen molar-refractivity contribution < 1.29 is 4.79 Å². The summed E-state index contributed by atoms with van der Waals surface area (Å²) in [5.74, 6) is 3.70. The molecule has 0 aromatic heterocycles. The summed E-state index contributed by atoms with van der Waals surface area (Å²) in [6, 6.07) is 6.34. The van der Waals surface area contributed by atoms with Gasteiger partial charge in [-0.3, -0.25) is 4.79 Å². The van der Waals surface area contributed by atoms with Crippen LogP contribution in [0.4, 0.5) is 0 Å².